The van der Waals surface area contributed by atoms with E-state index in [0.717, 1.165) is 66.7 Å². The summed E-state index contributed by atoms with van der Waals surface area (Å²) in [7, 11) is 1.66. The van der Waals surface area contributed by atoms with Crippen LogP contribution in [0.2, 0.25) is 0 Å². The first-order valence-electron chi connectivity index (χ1n) is 12.5. The molecule has 4 aromatic rings. The Bertz CT molecular complexity index is 1460. The number of morpholine rings is 1. The number of nitrogens with zero attached hydrogens (tertiary/aromatic N) is 5. The third kappa shape index (κ3) is 4.30. The van der Waals surface area contributed by atoms with Crippen molar-refractivity contribution in [3.05, 3.63) is 88.8 Å². The molecular weight excluding hydrogens is 468 g/mol. The number of hydrogen-bond acceptors (Lipinski definition) is 7. The fraction of sp³-hybridized carbons (Fsp3) is 0.321. The van der Waals surface area contributed by atoms with Crippen LogP contribution in [0, 0.1) is 12.3 Å². The van der Waals surface area contributed by atoms with Gasteiger partial charge in [0.1, 0.15) is 17.6 Å². The molecule has 9 heteroatoms. The highest BCUT2D eigenvalue weighted by molar-refractivity contribution is 5.57. The van der Waals surface area contributed by atoms with Crippen LogP contribution in [0.1, 0.15) is 28.3 Å². The molecule has 1 fully saturated rings. The molecule has 0 spiro atoms. The maximum atomic E-state index is 9.23. The van der Waals surface area contributed by atoms with E-state index in [1.54, 1.807) is 13.4 Å². The van der Waals surface area contributed by atoms with Gasteiger partial charge in [-0.3, -0.25) is 10.3 Å². The van der Waals surface area contributed by atoms with Gasteiger partial charge in [-0.2, -0.15) is 5.10 Å². The third-order valence-corrected chi connectivity index (χ3v) is 7.13. The molecular formula is C28H30N6O3. The van der Waals surface area contributed by atoms with E-state index in [1.807, 2.05) is 70.8 Å². The van der Waals surface area contributed by atoms with Gasteiger partial charge in [-0.05, 0) is 36.8 Å². The lowest BCUT2D eigenvalue weighted by Crippen LogP contribution is -2.40. The summed E-state index contributed by atoms with van der Waals surface area (Å²) in [6.07, 6.45) is 1.72. The maximum absolute atomic E-state index is 9.23. The standard InChI is InChI=1S/C28H30N6O3/c1-19-23-24(20-8-10-22(35-2)11-9-20)25-26(29)33(13-12-32-14-16-36-17-15-32)18-30-27(25)37-28(23)34(31-19)21-6-4-3-5-7-21/h3-11,18,24,29H,12-17H2,1-2H3/t24-/m1/s1. The van der Waals surface area contributed by atoms with E-state index in [9.17, 15) is 5.41 Å². The third-order valence-electron chi connectivity index (χ3n) is 7.13. The average molecular weight is 499 g/mol. The van der Waals surface area contributed by atoms with Crippen LogP contribution >= 0.6 is 0 Å². The molecule has 1 atom stereocenters. The molecule has 0 aliphatic carbocycles. The van der Waals surface area contributed by atoms with Gasteiger partial charge in [0.25, 0.3) is 0 Å². The van der Waals surface area contributed by atoms with Crippen LogP contribution in [0.4, 0.5) is 0 Å². The van der Waals surface area contributed by atoms with Gasteiger partial charge < -0.3 is 18.8 Å². The summed E-state index contributed by atoms with van der Waals surface area (Å²) in [4.78, 5) is 7.07. The van der Waals surface area contributed by atoms with E-state index < -0.39 is 0 Å². The molecule has 2 aliphatic heterocycles. The van der Waals surface area contributed by atoms with Crippen molar-refractivity contribution >= 4 is 0 Å². The molecule has 0 bridgehead atoms. The number of fused-ring (bicyclic) bond motifs is 2. The Labute approximate surface area is 215 Å². The Balaban J connectivity index is 1.46. The van der Waals surface area contributed by atoms with Gasteiger partial charge in [0.05, 0.1) is 48.7 Å². The monoisotopic (exact) mass is 498 g/mol. The summed E-state index contributed by atoms with van der Waals surface area (Å²) in [5, 5.41) is 14.1. The second-order valence-corrected chi connectivity index (χ2v) is 9.32. The second-order valence-electron chi connectivity index (χ2n) is 9.32. The van der Waals surface area contributed by atoms with Crippen molar-refractivity contribution < 1.29 is 14.2 Å². The second kappa shape index (κ2) is 9.84. The molecule has 0 unspecified atom stereocenters. The zero-order valence-electron chi connectivity index (χ0n) is 21.1. The quantitative estimate of drug-likeness (QED) is 0.386. The van der Waals surface area contributed by atoms with Gasteiger partial charge in [-0.25, -0.2) is 9.67 Å². The van der Waals surface area contributed by atoms with Crippen LogP contribution < -0.4 is 15.0 Å². The van der Waals surface area contributed by atoms with Crippen LogP contribution in [-0.2, 0) is 11.3 Å². The highest BCUT2D eigenvalue weighted by Crippen LogP contribution is 2.47. The number of benzene rings is 2. The lowest BCUT2D eigenvalue weighted by atomic mass is 9.84. The Hall–Kier alpha value is -3.95. The predicted molar refractivity (Wildman–Crippen MR) is 138 cm³/mol. The Morgan fingerprint density at radius 2 is 1.76 bits per heavy atom. The van der Waals surface area contributed by atoms with Crippen molar-refractivity contribution in [2.24, 2.45) is 0 Å². The van der Waals surface area contributed by atoms with Crippen molar-refractivity contribution in [2.45, 2.75) is 19.4 Å². The molecule has 190 valence electrons. The number of nitrogens with one attached hydrogen (secondary N) is 1. The highest BCUT2D eigenvalue weighted by atomic mass is 16.5. The summed E-state index contributed by atoms with van der Waals surface area (Å²) in [6.45, 7) is 6.82. The molecule has 2 aromatic carbocycles. The summed E-state index contributed by atoms with van der Waals surface area (Å²) in [5.41, 5.74) is 4.89. The molecule has 2 aromatic heterocycles. The van der Waals surface area contributed by atoms with Crippen molar-refractivity contribution in [2.75, 3.05) is 40.0 Å². The number of methoxy groups -OCH3 is 1. The minimum Gasteiger partial charge on any atom is -0.497 e. The first kappa shape index (κ1) is 23.4. The molecule has 2 aliphatic rings. The minimum absolute atomic E-state index is 0.252. The number of aromatic nitrogens is 4. The van der Waals surface area contributed by atoms with Crippen LogP contribution in [0.15, 0.2) is 60.9 Å². The Kier molecular flexibility index (Phi) is 6.23. The number of ether oxygens (including phenoxy) is 3. The first-order chi connectivity index (χ1) is 18.1. The fourth-order valence-electron chi connectivity index (χ4n) is 5.15. The molecule has 1 saturated heterocycles. The number of rotatable bonds is 6. The van der Waals surface area contributed by atoms with Crippen LogP contribution in [0.25, 0.3) is 5.69 Å². The van der Waals surface area contributed by atoms with Crippen molar-refractivity contribution in [1.82, 2.24) is 24.2 Å². The van der Waals surface area contributed by atoms with E-state index >= 15 is 0 Å². The van der Waals surface area contributed by atoms with Gasteiger partial charge in [-0.15, -0.1) is 0 Å². The fourth-order valence-corrected chi connectivity index (χ4v) is 5.15. The van der Waals surface area contributed by atoms with Gasteiger partial charge in [0.15, 0.2) is 0 Å². The summed E-state index contributed by atoms with van der Waals surface area (Å²) in [6, 6.07) is 17.9. The largest absolute Gasteiger partial charge is 0.497 e. The molecule has 37 heavy (non-hydrogen) atoms. The minimum atomic E-state index is -0.252. The van der Waals surface area contributed by atoms with Gasteiger partial charge >= 0.3 is 0 Å². The molecule has 0 saturated carbocycles. The van der Waals surface area contributed by atoms with Gasteiger partial charge in [0.2, 0.25) is 11.8 Å². The van der Waals surface area contributed by atoms with Crippen LogP contribution in [0.5, 0.6) is 17.5 Å². The van der Waals surface area contributed by atoms with E-state index in [0.29, 0.717) is 23.8 Å². The molecule has 0 amide bonds. The van der Waals surface area contributed by atoms with Crippen molar-refractivity contribution in [1.29, 1.82) is 5.41 Å². The molecule has 6 rings (SSSR count). The van der Waals surface area contributed by atoms with E-state index in [1.165, 1.54) is 0 Å². The van der Waals surface area contributed by atoms with Gasteiger partial charge in [0, 0.05) is 26.2 Å². The molecule has 0 radical (unpaired) electrons. The first-order valence-corrected chi connectivity index (χ1v) is 12.5. The lowest BCUT2D eigenvalue weighted by molar-refractivity contribution is 0.0362. The lowest BCUT2D eigenvalue weighted by Gasteiger charge is -2.29. The summed E-state index contributed by atoms with van der Waals surface area (Å²) in [5.74, 6) is 1.61. The molecule has 9 nitrogen and oxygen atoms in total. The van der Waals surface area contributed by atoms with Crippen molar-refractivity contribution in [3.8, 4) is 23.2 Å². The van der Waals surface area contributed by atoms with Gasteiger partial charge in [-0.1, -0.05) is 30.3 Å². The smallest absolute Gasteiger partial charge is 0.230 e. The van der Waals surface area contributed by atoms with E-state index in [-0.39, 0.29) is 5.92 Å². The summed E-state index contributed by atoms with van der Waals surface area (Å²) >= 11 is 0. The van der Waals surface area contributed by atoms with Crippen LogP contribution in [-0.4, -0.2) is 64.2 Å². The zero-order valence-corrected chi connectivity index (χ0v) is 21.1. The molecule has 1 N–H and O–H groups in total. The zero-order chi connectivity index (χ0) is 25.4. The van der Waals surface area contributed by atoms with E-state index in [2.05, 4.69) is 4.90 Å². The highest BCUT2D eigenvalue weighted by Gasteiger charge is 2.37. The Morgan fingerprint density at radius 3 is 2.49 bits per heavy atom. The maximum Gasteiger partial charge on any atom is 0.230 e. The molecule has 4 heterocycles. The normalized spacial score (nSPS) is 17.1. The number of aryl methyl sites for hydroxylation is 1. The predicted octanol–water partition coefficient (Wildman–Crippen LogP) is 3.48. The summed E-state index contributed by atoms with van der Waals surface area (Å²) < 4.78 is 21.0. The number of hydrogen-bond donors (Lipinski definition) is 1. The Morgan fingerprint density at radius 1 is 1.00 bits per heavy atom. The van der Waals surface area contributed by atoms with Crippen LogP contribution in [0.3, 0.4) is 0 Å². The SMILES string of the molecule is COc1ccc([C@@H]2c3c(C)nn(-c4ccccc4)c3Oc3ncn(CCN4CCOCC4)c(=N)c32)cc1. The average Bonchev–Trinajstić information content (AvgIpc) is 3.28. The van der Waals surface area contributed by atoms with E-state index in [4.69, 9.17) is 24.3 Å². The number of para-hydroxylation sites is 1. The topological polar surface area (TPSA) is 90.4 Å². The van der Waals surface area contributed by atoms with Crippen molar-refractivity contribution in [3.63, 3.8) is 0 Å².